The molecule has 168 valence electrons. The molecule has 2 saturated heterocycles. The first-order chi connectivity index (χ1) is 14.9. The number of benzene rings is 1. The first kappa shape index (κ1) is 22.6. The van der Waals surface area contributed by atoms with Gasteiger partial charge in [-0.2, -0.15) is 0 Å². The number of hydrogen-bond acceptors (Lipinski definition) is 6. The number of carbonyl (C=O) groups excluding carboxylic acids is 4. The Balaban J connectivity index is 1.56. The number of nitrogens with one attached hydrogen (secondary N) is 1. The molecule has 9 nitrogen and oxygen atoms in total. The van der Waals surface area contributed by atoms with Gasteiger partial charge in [0.2, 0.25) is 11.8 Å². The molecule has 0 aliphatic carbocycles. The number of amides is 3. The predicted molar refractivity (Wildman–Crippen MR) is 111 cm³/mol. The summed E-state index contributed by atoms with van der Waals surface area (Å²) < 4.78 is 9.99. The SMILES string of the molecule is COC(=O)[C@@H]1CCCN1C(=O)[C@@H]1CCCN1C(=O)[C@H](C)NC(=O)OCc1ccccc1. The Bertz CT molecular complexity index is 815. The second-order valence-electron chi connectivity index (χ2n) is 7.83. The topological polar surface area (TPSA) is 105 Å². The number of carbonyl (C=O) groups is 4. The van der Waals surface area contributed by atoms with E-state index in [2.05, 4.69) is 5.32 Å². The highest BCUT2D eigenvalue weighted by atomic mass is 16.5. The zero-order valence-corrected chi connectivity index (χ0v) is 17.9. The van der Waals surface area contributed by atoms with E-state index < -0.39 is 30.2 Å². The molecule has 2 fully saturated rings. The average molecular weight is 431 g/mol. The molecule has 1 N–H and O–H groups in total. The Morgan fingerprint density at radius 3 is 2.35 bits per heavy atom. The van der Waals surface area contributed by atoms with Crippen LogP contribution >= 0.6 is 0 Å². The number of likely N-dealkylation sites (tertiary alicyclic amines) is 2. The molecule has 2 aliphatic heterocycles. The lowest BCUT2D eigenvalue weighted by molar-refractivity contribution is -0.153. The molecule has 0 radical (unpaired) electrons. The highest BCUT2D eigenvalue weighted by Crippen LogP contribution is 2.26. The van der Waals surface area contributed by atoms with Gasteiger partial charge < -0.3 is 24.6 Å². The molecule has 0 aromatic heterocycles. The summed E-state index contributed by atoms with van der Waals surface area (Å²) in [6.45, 7) is 2.56. The molecule has 2 aliphatic rings. The zero-order valence-electron chi connectivity index (χ0n) is 17.9. The maximum absolute atomic E-state index is 13.1. The summed E-state index contributed by atoms with van der Waals surface area (Å²) in [4.78, 5) is 53.2. The van der Waals surface area contributed by atoms with Crippen molar-refractivity contribution in [2.24, 2.45) is 0 Å². The summed E-state index contributed by atoms with van der Waals surface area (Å²) >= 11 is 0. The molecule has 3 atom stereocenters. The molecule has 0 unspecified atom stereocenters. The third-order valence-electron chi connectivity index (χ3n) is 5.75. The smallest absolute Gasteiger partial charge is 0.408 e. The third kappa shape index (κ3) is 5.34. The number of nitrogens with zero attached hydrogens (tertiary/aromatic N) is 2. The van der Waals surface area contributed by atoms with Gasteiger partial charge in [0.05, 0.1) is 7.11 Å². The third-order valence-corrected chi connectivity index (χ3v) is 5.75. The van der Waals surface area contributed by atoms with Gasteiger partial charge in [0.15, 0.2) is 0 Å². The number of hydrogen-bond donors (Lipinski definition) is 1. The van der Waals surface area contributed by atoms with Crippen molar-refractivity contribution in [1.29, 1.82) is 0 Å². The molecule has 1 aromatic carbocycles. The Morgan fingerprint density at radius 2 is 1.68 bits per heavy atom. The van der Waals surface area contributed by atoms with Gasteiger partial charge in [0.25, 0.3) is 0 Å². The Morgan fingerprint density at radius 1 is 1.03 bits per heavy atom. The first-order valence-corrected chi connectivity index (χ1v) is 10.6. The fourth-order valence-corrected chi connectivity index (χ4v) is 4.14. The maximum Gasteiger partial charge on any atom is 0.408 e. The quantitative estimate of drug-likeness (QED) is 0.684. The Labute approximate surface area is 181 Å². The summed E-state index contributed by atoms with van der Waals surface area (Å²) in [6, 6.07) is 7.15. The molecule has 31 heavy (non-hydrogen) atoms. The van der Waals surface area contributed by atoms with Crippen molar-refractivity contribution in [3.05, 3.63) is 35.9 Å². The lowest BCUT2D eigenvalue weighted by Gasteiger charge is -2.31. The number of esters is 1. The van der Waals surface area contributed by atoms with E-state index in [1.807, 2.05) is 30.3 Å². The van der Waals surface area contributed by atoms with Gasteiger partial charge in [-0.3, -0.25) is 9.59 Å². The predicted octanol–water partition coefficient (Wildman–Crippen LogP) is 1.46. The second-order valence-corrected chi connectivity index (χ2v) is 7.83. The van der Waals surface area contributed by atoms with Crippen LogP contribution in [0.25, 0.3) is 0 Å². The monoisotopic (exact) mass is 431 g/mol. The van der Waals surface area contributed by atoms with Crippen LogP contribution in [0.2, 0.25) is 0 Å². The van der Waals surface area contributed by atoms with Crippen LogP contribution in [0.5, 0.6) is 0 Å². The normalized spacial score (nSPS) is 21.5. The van der Waals surface area contributed by atoms with E-state index in [1.165, 1.54) is 16.9 Å². The minimum atomic E-state index is -0.841. The van der Waals surface area contributed by atoms with E-state index in [1.54, 1.807) is 6.92 Å². The van der Waals surface area contributed by atoms with E-state index in [0.29, 0.717) is 32.4 Å². The summed E-state index contributed by atoms with van der Waals surface area (Å²) in [6.07, 6.45) is 1.79. The van der Waals surface area contributed by atoms with Crippen molar-refractivity contribution in [3.8, 4) is 0 Å². The highest BCUT2D eigenvalue weighted by Gasteiger charge is 2.43. The molecule has 0 spiro atoms. The van der Waals surface area contributed by atoms with Crippen molar-refractivity contribution in [1.82, 2.24) is 15.1 Å². The largest absolute Gasteiger partial charge is 0.467 e. The van der Waals surface area contributed by atoms with E-state index in [-0.39, 0.29) is 18.4 Å². The lowest BCUT2D eigenvalue weighted by Crippen LogP contribution is -2.54. The van der Waals surface area contributed by atoms with Crippen LogP contribution in [0, 0.1) is 0 Å². The van der Waals surface area contributed by atoms with E-state index in [9.17, 15) is 19.2 Å². The maximum atomic E-state index is 13.1. The van der Waals surface area contributed by atoms with Crippen LogP contribution in [0.1, 0.15) is 38.2 Å². The van der Waals surface area contributed by atoms with Crippen molar-refractivity contribution in [2.45, 2.75) is 57.3 Å². The fourth-order valence-electron chi connectivity index (χ4n) is 4.14. The minimum absolute atomic E-state index is 0.0995. The molecular formula is C22H29N3O6. The van der Waals surface area contributed by atoms with E-state index >= 15 is 0 Å². The highest BCUT2D eigenvalue weighted by molar-refractivity contribution is 5.93. The van der Waals surface area contributed by atoms with Crippen molar-refractivity contribution < 1.29 is 28.7 Å². The van der Waals surface area contributed by atoms with Crippen LogP contribution in [0.15, 0.2) is 30.3 Å². The zero-order chi connectivity index (χ0) is 22.4. The second kappa shape index (κ2) is 10.3. The molecule has 3 rings (SSSR count). The number of alkyl carbamates (subject to hydrolysis) is 1. The Kier molecular flexibility index (Phi) is 7.49. The van der Waals surface area contributed by atoms with Crippen LogP contribution in [0.4, 0.5) is 4.79 Å². The summed E-state index contributed by atoms with van der Waals surface area (Å²) in [5.41, 5.74) is 0.840. The summed E-state index contributed by atoms with van der Waals surface area (Å²) in [5, 5.41) is 2.54. The average Bonchev–Trinajstić information content (AvgIpc) is 3.46. The summed E-state index contributed by atoms with van der Waals surface area (Å²) in [5.74, 6) is -1.02. The molecule has 1 aromatic rings. The van der Waals surface area contributed by atoms with Gasteiger partial charge in [-0.25, -0.2) is 9.59 Å². The standard InChI is InChI=1S/C22H29N3O6/c1-15(23-22(29)31-14-16-8-4-3-5-9-16)19(26)24-12-6-10-17(24)20(27)25-13-7-11-18(25)21(28)30-2/h3-5,8-9,15,17-18H,6-7,10-14H2,1-2H3,(H,23,29)/t15-,17-,18-/m0/s1. The number of ether oxygens (including phenoxy) is 2. The number of rotatable bonds is 6. The minimum Gasteiger partial charge on any atom is -0.467 e. The fraction of sp³-hybridized carbons (Fsp3) is 0.545. The number of methoxy groups -OCH3 is 1. The van der Waals surface area contributed by atoms with Gasteiger partial charge in [0.1, 0.15) is 24.7 Å². The van der Waals surface area contributed by atoms with Crippen LogP contribution in [-0.2, 0) is 30.5 Å². The van der Waals surface area contributed by atoms with E-state index in [4.69, 9.17) is 9.47 Å². The molecule has 3 amide bonds. The van der Waals surface area contributed by atoms with Gasteiger partial charge in [-0.05, 0) is 38.2 Å². The van der Waals surface area contributed by atoms with Gasteiger partial charge in [0, 0.05) is 13.1 Å². The molecule has 2 heterocycles. The van der Waals surface area contributed by atoms with Gasteiger partial charge >= 0.3 is 12.1 Å². The summed E-state index contributed by atoms with van der Waals surface area (Å²) in [7, 11) is 1.30. The van der Waals surface area contributed by atoms with Crippen molar-refractivity contribution in [3.63, 3.8) is 0 Å². The van der Waals surface area contributed by atoms with E-state index in [0.717, 1.165) is 12.0 Å². The van der Waals surface area contributed by atoms with Crippen molar-refractivity contribution >= 4 is 23.9 Å². The van der Waals surface area contributed by atoms with Crippen molar-refractivity contribution in [2.75, 3.05) is 20.2 Å². The van der Waals surface area contributed by atoms with Gasteiger partial charge in [-0.15, -0.1) is 0 Å². The lowest BCUT2D eigenvalue weighted by atomic mass is 10.1. The molecular weight excluding hydrogens is 402 g/mol. The Hall–Kier alpha value is -3.10. The molecule has 0 bridgehead atoms. The van der Waals surface area contributed by atoms with Gasteiger partial charge in [-0.1, -0.05) is 30.3 Å². The first-order valence-electron chi connectivity index (χ1n) is 10.6. The molecule has 0 saturated carbocycles. The molecule has 9 heteroatoms. The van der Waals surface area contributed by atoms with Crippen LogP contribution in [0.3, 0.4) is 0 Å². The van der Waals surface area contributed by atoms with Crippen LogP contribution in [-0.4, -0.2) is 72.0 Å². The van der Waals surface area contributed by atoms with Crippen LogP contribution < -0.4 is 5.32 Å².